The molecular weight excluding hydrogens is 348 g/mol. The molecule has 140 valence electrons. The lowest BCUT2D eigenvalue weighted by atomic mass is 10.2. The Morgan fingerprint density at radius 2 is 1.54 bits per heavy atom. The van der Waals surface area contributed by atoms with Gasteiger partial charge in [0.25, 0.3) is 0 Å². The zero-order chi connectivity index (χ0) is 18.6. The van der Waals surface area contributed by atoms with Crippen molar-refractivity contribution >= 4 is 15.7 Å². The normalized spacial score (nSPS) is 15.4. The summed E-state index contributed by atoms with van der Waals surface area (Å²) in [5.74, 6) is 0. The maximum Gasteiger partial charge on any atom is 0.243 e. The van der Waals surface area contributed by atoms with Crippen molar-refractivity contribution in [3.63, 3.8) is 0 Å². The van der Waals surface area contributed by atoms with Crippen molar-refractivity contribution < 1.29 is 13.2 Å². The lowest BCUT2D eigenvalue weighted by Crippen LogP contribution is -2.36. The second-order valence-electron chi connectivity index (χ2n) is 6.52. The summed E-state index contributed by atoms with van der Waals surface area (Å²) in [5.41, 5.74) is 3.25. The average molecular weight is 375 g/mol. The Kier molecular flexibility index (Phi) is 5.96. The van der Waals surface area contributed by atoms with Crippen molar-refractivity contribution in [1.82, 2.24) is 4.31 Å². The molecule has 3 rings (SSSR count). The number of sulfonamides is 1. The number of rotatable bonds is 6. The van der Waals surface area contributed by atoms with Gasteiger partial charge in [-0.2, -0.15) is 4.31 Å². The second-order valence-corrected chi connectivity index (χ2v) is 8.57. The fraction of sp³-hybridized carbons (Fsp3) is 0.400. The van der Waals surface area contributed by atoms with E-state index in [0.717, 1.165) is 49.5 Å². The van der Waals surface area contributed by atoms with E-state index in [4.69, 9.17) is 4.74 Å². The Hall–Kier alpha value is -1.89. The lowest BCUT2D eigenvalue weighted by molar-refractivity contribution is 0.122. The first kappa shape index (κ1) is 18.9. The highest BCUT2D eigenvalue weighted by atomic mass is 32.2. The minimum absolute atomic E-state index is 0.335. The van der Waals surface area contributed by atoms with Gasteiger partial charge in [-0.25, -0.2) is 8.42 Å². The highest BCUT2D eigenvalue weighted by Gasteiger charge is 2.21. The maximum absolute atomic E-state index is 12.8. The summed E-state index contributed by atoms with van der Waals surface area (Å²) < 4.78 is 32.3. The molecule has 0 amide bonds. The monoisotopic (exact) mass is 374 g/mol. The zero-order valence-electron chi connectivity index (χ0n) is 15.4. The average Bonchev–Trinajstić information content (AvgIpc) is 2.69. The molecule has 0 saturated carbocycles. The van der Waals surface area contributed by atoms with E-state index in [0.29, 0.717) is 11.4 Å². The molecule has 0 aliphatic carbocycles. The molecular formula is C20H26N2O3S. The van der Waals surface area contributed by atoms with E-state index in [-0.39, 0.29) is 0 Å². The lowest BCUT2D eigenvalue weighted by Gasteiger charge is -2.29. The van der Waals surface area contributed by atoms with Gasteiger partial charge in [0.15, 0.2) is 0 Å². The SMILES string of the molecule is CCc1ccc(S(=O)(=O)N(C)Cc2ccc(N3CCOCC3)cc2)cc1. The van der Waals surface area contributed by atoms with Crippen LogP contribution in [0.1, 0.15) is 18.1 Å². The van der Waals surface area contributed by atoms with E-state index >= 15 is 0 Å². The standard InChI is InChI=1S/C20H26N2O3S/c1-3-17-6-10-20(11-7-17)26(23,24)21(2)16-18-4-8-19(9-5-18)22-12-14-25-15-13-22/h4-11H,3,12-16H2,1-2H3. The number of aryl methyl sites for hydroxylation is 1. The van der Waals surface area contributed by atoms with E-state index in [9.17, 15) is 8.42 Å². The first-order chi connectivity index (χ1) is 12.5. The van der Waals surface area contributed by atoms with Crippen LogP contribution in [0.15, 0.2) is 53.4 Å². The van der Waals surface area contributed by atoms with Crippen molar-refractivity contribution in [1.29, 1.82) is 0 Å². The summed E-state index contributed by atoms with van der Waals surface area (Å²) in [6.45, 7) is 5.68. The molecule has 0 bridgehead atoms. The van der Waals surface area contributed by atoms with Gasteiger partial charge < -0.3 is 9.64 Å². The molecule has 0 radical (unpaired) electrons. The molecule has 26 heavy (non-hydrogen) atoms. The molecule has 1 fully saturated rings. The van der Waals surface area contributed by atoms with Crippen molar-refractivity contribution in [2.75, 3.05) is 38.3 Å². The van der Waals surface area contributed by atoms with Gasteiger partial charge in [0.1, 0.15) is 0 Å². The molecule has 6 heteroatoms. The molecule has 1 saturated heterocycles. The molecule has 1 heterocycles. The van der Waals surface area contributed by atoms with E-state index in [1.165, 1.54) is 4.31 Å². The van der Waals surface area contributed by atoms with Crippen LogP contribution in [0.5, 0.6) is 0 Å². The van der Waals surface area contributed by atoms with Gasteiger partial charge in [0, 0.05) is 32.4 Å². The summed E-state index contributed by atoms with van der Waals surface area (Å²) in [7, 11) is -1.86. The van der Waals surface area contributed by atoms with Crippen LogP contribution < -0.4 is 4.90 Å². The summed E-state index contributed by atoms with van der Waals surface area (Å²) in [5, 5.41) is 0. The van der Waals surface area contributed by atoms with Gasteiger partial charge in [-0.05, 0) is 41.8 Å². The van der Waals surface area contributed by atoms with Gasteiger partial charge >= 0.3 is 0 Å². The quantitative estimate of drug-likeness (QED) is 0.780. The summed E-state index contributed by atoms with van der Waals surface area (Å²) in [6.07, 6.45) is 0.895. The Labute approximate surface area is 156 Å². The Bertz CT molecular complexity index is 811. The van der Waals surface area contributed by atoms with Crippen LogP contribution in [0.2, 0.25) is 0 Å². The van der Waals surface area contributed by atoms with Crippen LogP contribution in [0.3, 0.4) is 0 Å². The van der Waals surface area contributed by atoms with Crippen molar-refractivity contribution in [3.05, 3.63) is 59.7 Å². The van der Waals surface area contributed by atoms with Crippen molar-refractivity contribution in [2.24, 2.45) is 0 Å². The van der Waals surface area contributed by atoms with Crippen LogP contribution >= 0.6 is 0 Å². The predicted molar refractivity (Wildman–Crippen MR) is 104 cm³/mol. The minimum atomic E-state index is -3.49. The van der Waals surface area contributed by atoms with Crippen LogP contribution in [0.25, 0.3) is 0 Å². The maximum atomic E-state index is 12.8. The van der Waals surface area contributed by atoms with Crippen LogP contribution in [-0.2, 0) is 27.7 Å². The van der Waals surface area contributed by atoms with Crippen molar-refractivity contribution in [3.8, 4) is 0 Å². The number of nitrogens with zero attached hydrogens (tertiary/aromatic N) is 2. The minimum Gasteiger partial charge on any atom is -0.378 e. The summed E-state index contributed by atoms with van der Waals surface area (Å²) >= 11 is 0. The molecule has 0 aromatic heterocycles. The first-order valence-electron chi connectivity index (χ1n) is 8.97. The van der Waals surface area contributed by atoms with E-state index in [1.807, 2.05) is 24.3 Å². The molecule has 1 aliphatic rings. The van der Waals surface area contributed by atoms with Crippen LogP contribution in [0.4, 0.5) is 5.69 Å². The number of hydrogen-bond acceptors (Lipinski definition) is 4. The Balaban J connectivity index is 1.68. The van der Waals surface area contributed by atoms with E-state index in [1.54, 1.807) is 19.2 Å². The number of hydrogen-bond donors (Lipinski definition) is 0. The Morgan fingerprint density at radius 1 is 0.962 bits per heavy atom. The number of morpholine rings is 1. The molecule has 2 aromatic rings. The fourth-order valence-electron chi connectivity index (χ4n) is 3.05. The zero-order valence-corrected chi connectivity index (χ0v) is 16.2. The molecule has 0 atom stereocenters. The molecule has 0 unspecified atom stereocenters. The highest BCUT2D eigenvalue weighted by molar-refractivity contribution is 7.89. The van der Waals surface area contributed by atoms with Gasteiger partial charge in [-0.15, -0.1) is 0 Å². The fourth-order valence-corrected chi connectivity index (χ4v) is 4.21. The largest absolute Gasteiger partial charge is 0.378 e. The van der Waals surface area contributed by atoms with Crippen LogP contribution in [0, 0.1) is 0 Å². The van der Waals surface area contributed by atoms with Gasteiger partial charge in [-0.1, -0.05) is 31.2 Å². The molecule has 1 aliphatic heterocycles. The third-order valence-electron chi connectivity index (χ3n) is 4.76. The van der Waals surface area contributed by atoms with Gasteiger partial charge in [-0.3, -0.25) is 0 Å². The highest BCUT2D eigenvalue weighted by Crippen LogP contribution is 2.20. The van der Waals surface area contributed by atoms with Crippen LogP contribution in [-0.4, -0.2) is 46.1 Å². The van der Waals surface area contributed by atoms with Crippen molar-refractivity contribution in [2.45, 2.75) is 24.8 Å². The predicted octanol–water partition coefficient (Wildman–Crippen LogP) is 2.91. The number of ether oxygens (including phenoxy) is 1. The third-order valence-corrected chi connectivity index (χ3v) is 6.58. The number of anilines is 1. The second kappa shape index (κ2) is 8.20. The molecule has 2 aromatic carbocycles. The molecule has 0 spiro atoms. The van der Waals surface area contributed by atoms with Gasteiger partial charge in [0.2, 0.25) is 10.0 Å². The first-order valence-corrected chi connectivity index (χ1v) is 10.4. The Morgan fingerprint density at radius 3 is 2.12 bits per heavy atom. The smallest absolute Gasteiger partial charge is 0.243 e. The van der Waals surface area contributed by atoms with E-state index < -0.39 is 10.0 Å². The molecule has 0 N–H and O–H groups in total. The third kappa shape index (κ3) is 4.26. The summed E-state index contributed by atoms with van der Waals surface area (Å²) in [4.78, 5) is 2.62. The molecule has 5 nitrogen and oxygen atoms in total. The summed E-state index contributed by atoms with van der Waals surface area (Å²) in [6, 6.07) is 15.2. The topological polar surface area (TPSA) is 49.9 Å². The number of benzene rings is 2. The van der Waals surface area contributed by atoms with E-state index in [2.05, 4.69) is 24.0 Å². The van der Waals surface area contributed by atoms with Gasteiger partial charge in [0.05, 0.1) is 18.1 Å².